The summed E-state index contributed by atoms with van der Waals surface area (Å²) in [4.78, 5) is 35.2. The summed E-state index contributed by atoms with van der Waals surface area (Å²) < 4.78 is 0. The Bertz CT molecular complexity index is 852. The van der Waals surface area contributed by atoms with Crippen LogP contribution in [0.2, 0.25) is 0 Å². The molecule has 2 aromatic rings. The summed E-state index contributed by atoms with van der Waals surface area (Å²) in [6.45, 7) is 7.23. The number of nitrogens with zero attached hydrogens (tertiary/aromatic N) is 1. The van der Waals surface area contributed by atoms with E-state index in [1.54, 1.807) is 43.3 Å². The quantitative estimate of drug-likeness (QED) is 0.645. The SMILES string of the molecule is Cc1cccc(C(=O)Nc2ccc(C(=O)NC(C)(C)C)cc2)c1[N+](=O)[O-]. The molecular formula is C19H21N3O4. The van der Waals surface area contributed by atoms with Crippen LogP contribution in [0.3, 0.4) is 0 Å². The van der Waals surface area contributed by atoms with E-state index in [4.69, 9.17) is 0 Å². The minimum Gasteiger partial charge on any atom is -0.347 e. The Balaban J connectivity index is 2.17. The molecule has 0 radical (unpaired) electrons. The molecule has 2 rings (SSSR count). The number of para-hydroxylation sites is 1. The molecule has 26 heavy (non-hydrogen) atoms. The highest BCUT2D eigenvalue weighted by Crippen LogP contribution is 2.24. The molecular weight excluding hydrogens is 334 g/mol. The molecule has 7 nitrogen and oxygen atoms in total. The van der Waals surface area contributed by atoms with E-state index >= 15 is 0 Å². The number of aryl methyl sites for hydroxylation is 1. The molecule has 0 atom stereocenters. The summed E-state index contributed by atoms with van der Waals surface area (Å²) >= 11 is 0. The molecule has 0 bridgehead atoms. The van der Waals surface area contributed by atoms with Gasteiger partial charge in [0.2, 0.25) is 0 Å². The van der Waals surface area contributed by atoms with Crippen LogP contribution in [0.1, 0.15) is 47.1 Å². The third-order valence-electron chi connectivity index (χ3n) is 3.56. The van der Waals surface area contributed by atoms with Gasteiger partial charge < -0.3 is 10.6 Å². The molecule has 0 aromatic heterocycles. The number of hydrogen-bond donors (Lipinski definition) is 2. The largest absolute Gasteiger partial charge is 0.347 e. The molecule has 0 aliphatic carbocycles. The Hall–Kier alpha value is -3.22. The number of nitro groups is 1. The lowest BCUT2D eigenvalue weighted by molar-refractivity contribution is -0.385. The van der Waals surface area contributed by atoms with Crippen LogP contribution in [-0.4, -0.2) is 22.3 Å². The zero-order valence-corrected chi connectivity index (χ0v) is 15.1. The van der Waals surface area contributed by atoms with Crippen molar-refractivity contribution in [3.8, 4) is 0 Å². The molecule has 7 heteroatoms. The van der Waals surface area contributed by atoms with Gasteiger partial charge in [0, 0.05) is 22.4 Å². The van der Waals surface area contributed by atoms with Crippen molar-refractivity contribution in [3.63, 3.8) is 0 Å². The van der Waals surface area contributed by atoms with E-state index in [-0.39, 0.29) is 22.7 Å². The Kier molecular flexibility index (Phi) is 5.40. The minimum absolute atomic E-state index is 0.00967. The average molecular weight is 355 g/mol. The fourth-order valence-corrected chi connectivity index (χ4v) is 2.40. The normalized spacial score (nSPS) is 10.9. The Morgan fingerprint density at radius 2 is 1.62 bits per heavy atom. The zero-order valence-electron chi connectivity index (χ0n) is 15.1. The average Bonchev–Trinajstić information content (AvgIpc) is 2.53. The lowest BCUT2D eigenvalue weighted by Crippen LogP contribution is -2.40. The number of benzene rings is 2. The number of anilines is 1. The molecule has 2 aromatic carbocycles. The fourth-order valence-electron chi connectivity index (χ4n) is 2.40. The van der Waals surface area contributed by atoms with Crippen LogP contribution in [0.5, 0.6) is 0 Å². The first kappa shape index (κ1) is 19.1. The predicted molar refractivity (Wildman–Crippen MR) is 99.4 cm³/mol. The standard InChI is InChI=1S/C19H21N3O4/c1-12-6-5-7-15(16(12)22(25)26)18(24)20-14-10-8-13(9-11-14)17(23)21-19(2,3)4/h5-11H,1-4H3,(H,20,24)(H,21,23). The molecule has 0 aliphatic rings. The monoisotopic (exact) mass is 355 g/mol. The second-order valence-electron chi connectivity index (χ2n) is 6.96. The lowest BCUT2D eigenvalue weighted by Gasteiger charge is -2.20. The number of amides is 2. The summed E-state index contributed by atoms with van der Waals surface area (Å²) in [5, 5.41) is 16.7. The molecule has 0 aliphatic heterocycles. The van der Waals surface area contributed by atoms with E-state index in [2.05, 4.69) is 10.6 Å². The van der Waals surface area contributed by atoms with Crippen molar-refractivity contribution in [1.29, 1.82) is 0 Å². The maximum atomic E-state index is 12.4. The number of carbonyl (C=O) groups excluding carboxylic acids is 2. The van der Waals surface area contributed by atoms with Gasteiger partial charge in [-0.05, 0) is 58.0 Å². The van der Waals surface area contributed by atoms with Gasteiger partial charge in [0.25, 0.3) is 17.5 Å². The fraction of sp³-hybridized carbons (Fsp3) is 0.263. The van der Waals surface area contributed by atoms with Gasteiger partial charge in [-0.1, -0.05) is 12.1 Å². The summed E-state index contributed by atoms with van der Waals surface area (Å²) in [6.07, 6.45) is 0. The van der Waals surface area contributed by atoms with Crippen molar-refractivity contribution in [3.05, 3.63) is 69.3 Å². The van der Waals surface area contributed by atoms with E-state index in [1.165, 1.54) is 6.07 Å². The Morgan fingerprint density at radius 1 is 1.00 bits per heavy atom. The summed E-state index contributed by atoms with van der Waals surface area (Å²) in [5.74, 6) is -0.794. The van der Waals surface area contributed by atoms with Crippen LogP contribution in [0, 0.1) is 17.0 Å². The number of hydrogen-bond acceptors (Lipinski definition) is 4. The summed E-state index contributed by atoms with van der Waals surface area (Å²) in [7, 11) is 0. The van der Waals surface area contributed by atoms with Gasteiger partial charge in [-0.15, -0.1) is 0 Å². The number of carbonyl (C=O) groups is 2. The van der Waals surface area contributed by atoms with Crippen molar-refractivity contribution < 1.29 is 14.5 Å². The molecule has 0 saturated heterocycles. The topological polar surface area (TPSA) is 101 Å². The van der Waals surface area contributed by atoms with Crippen LogP contribution in [-0.2, 0) is 0 Å². The van der Waals surface area contributed by atoms with Crippen molar-refractivity contribution >= 4 is 23.2 Å². The van der Waals surface area contributed by atoms with Crippen LogP contribution in [0.25, 0.3) is 0 Å². The minimum atomic E-state index is -0.577. The van der Waals surface area contributed by atoms with Gasteiger partial charge in [0.15, 0.2) is 0 Å². The Labute approximate surface area is 151 Å². The second-order valence-corrected chi connectivity index (χ2v) is 6.96. The lowest BCUT2D eigenvalue weighted by atomic mass is 10.1. The highest BCUT2D eigenvalue weighted by molar-refractivity contribution is 6.07. The smallest absolute Gasteiger partial charge is 0.285 e. The van der Waals surface area contributed by atoms with Crippen molar-refractivity contribution in [2.75, 3.05) is 5.32 Å². The first-order valence-electron chi connectivity index (χ1n) is 8.06. The second kappa shape index (κ2) is 7.35. The van der Waals surface area contributed by atoms with E-state index in [1.807, 2.05) is 20.8 Å². The van der Waals surface area contributed by atoms with Gasteiger partial charge in [0.1, 0.15) is 5.56 Å². The number of nitro benzene ring substituents is 1. The van der Waals surface area contributed by atoms with Gasteiger partial charge in [-0.25, -0.2) is 0 Å². The number of rotatable bonds is 4. The van der Waals surface area contributed by atoms with Gasteiger partial charge >= 0.3 is 0 Å². The van der Waals surface area contributed by atoms with Gasteiger partial charge in [0.05, 0.1) is 4.92 Å². The third-order valence-corrected chi connectivity index (χ3v) is 3.56. The third kappa shape index (κ3) is 4.66. The molecule has 0 saturated carbocycles. The molecule has 2 N–H and O–H groups in total. The summed E-state index contributed by atoms with van der Waals surface area (Å²) in [5.41, 5.74) is 0.735. The van der Waals surface area contributed by atoms with Crippen molar-refractivity contribution in [1.82, 2.24) is 5.32 Å². The first-order chi connectivity index (χ1) is 12.1. The predicted octanol–water partition coefficient (Wildman–Crippen LogP) is 3.68. The maximum absolute atomic E-state index is 12.4. The molecule has 0 heterocycles. The van der Waals surface area contributed by atoms with Gasteiger partial charge in [-0.3, -0.25) is 19.7 Å². The molecule has 136 valence electrons. The van der Waals surface area contributed by atoms with E-state index in [9.17, 15) is 19.7 Å². The van der Waals surface area contributed by atoms with E-state index in [0.717, 1.165) is 0 Å². The van der Waals surface area contributed by atoms with Crippen molar-refractivity contribution in [2.45, 2.75) is 33.2 Å². The zero-order chi connectivity index (χ0) is 19.5. The van der Waals surface area contributed by atoms with Crippen LogP contribution in [0.15, 0.2) is 42.5 Å². The molecule has 2 amide bonds. The highest BCUT2D eigenvalue weighted by Gasteiger charge is 2.22. The Morgan fingerprint density at radius 3 is 2.15 bits per heavy atom. The summed E-state index contributed by atoms with van der Waals surface area (Å²) in [6, 6.07) is 10.9. The van der Waals surface area contributed by atoms with Gasteiger partial charge in [-0.2, -0.15) is 0 Å². The maximum Gasteiger partial charge on any atom is 0.285 e. The van der Waals surface area contributed by atoms with Crippen LogP contribution in [0.4, 0.5) is 11.4 Å². The van der Waals surface area contributed by atoms with E-state index < -0.39 is 10.8 Å². The van der Waals surface area contributed by atoms with E-state index in [0.29, 0.717) is 16.8 Å². The molecule has 0 unspecified atom stereocenters. The van der Waals surface area contributed by atoms with Crippen LogP contribution < -0.4 is 10.6 Å². The highest BCUT2D eigenvalue weighted by atomic mass is 16.6. The first-order valence-corrected chi connectivity index (χ1v) is 8.06. The molecule has 0 fully saturated rings. The van der Waals surface area contributed by atoms with Crippen LogP contribution >= 0.6 is 0 Å². The number of nitrogens with one attached hydrogen (secondary N) is 2. The van der Waals surface area contributed by atoms with Crippen molar-refractivity contribution in [2.24, 2.45) is 0 Å². The molecule has 0 spiro atoms.